The van der Waals surface area contributed by atoms with Gasteiger partial charge in [-0.3, -0.25) is 20.4 Å². The lowest BCUT2D eigenvalue weighted by Crippen LogP contribution is -2.42. The minimum Gasteiger partial charge on any atom is -0.273 e. The number of halogens is 1. The van der Waals surface area contributed by atoms with Crippen LogP contribution in [0, 0.1) is 0 Å². The van der Waals surface area contributed by atoms with Crippen LogP contribution >= 0.6 is 11.6 Å². The Morgan fingerprint density at radius 3 is 2.48 bits per heavy atom. The van der Waals surface area contributed by atoms with E-state index < -0.39 is 5.91 Å². The van der Waals surface area contributed by atoms with Crippen LogP contribution in [0.2, 0.25) is 5.02 Å². The molecule has 2 aromatic heterocycles. The Hall–Kier alpha value is -3.71. The van der Waals surface area contributed by atoms with Gasteiger partial charge in [0.25, 0.3) is 5.91 Å². The van der Waals surface area contributed by atoms with E-state index in [0.29, 0.717) is 10.7 Å². The molecule has 0 radical (unpaired) electrons. The molecule has 2 N–H and O–H groups in total. The average molecular weight is 406 g/mol. The van der Waals surface area contributed by atoms with Crippen LogP contribution in [-0.2, 0) is 11.2 Å². The van der Waals surface area contributed by atoms with Gasteiger partial charge in [-0.15, -0.1) is 0 Å². The Labute approximate surface area is 171 Å². The lowest BCUT2D eigenvalue weighted by Gasteiger charge is -2.07. The highest BCUT2D eigenvalue weighted by molar-refractivity contribution is 6.30. The Kier molecular flexibility index (Phi) is 5.22. The van der Waals surface area contributed by atoms with Gasteiger partial charge in [0.2, 0.25) is 5.91 Å². The first-order valence-electron chi connectivity index (χ1n) is 8.83. The molecule has 0 saturated carbocycles. The van der Waals surface area contributed by atoms with Crippen molar-refractivity contribution < 1.29 is 9.59 Å². The zero-order valence-electron chi connectivity index (χ0n) is 15.2. The lowest BCUT2D eigenvalue weighted by atomic mass is 10.1. The van der Waals surface area contributed by atoms with Crippen LogP contribution in [0.15, 0.2) is 73.1 Å². The summed E-state index contributed by atoms with van der Waals surface area (Å²) in [6.45, 7) is 0. The summed E-state index contributed by atoms with van der Waals surface area (Å²) >= 11 is 5.83. The molecule has 2 amide bonds. The van der Waals surface area contributed by atoms with Crippen molar-refractivity contribution in [3.05, 3.63) is 89.2 Å². The van der Waals surface area contributed by atoms with Crippen LogP contribution in [0.3, 0.4) is 0 Å². The molecule has 2 aromatic carbocycles. The molecule has 0 saturated heterocycles. The zero-order valence-corrected chi connectivity index (χ0v) is 15.9. The fourth-order valence-electron chi connectivity index (χ4n) is 2.90. The minimum absolute atomic E-state index is 0.114. The van der Waals surface area contributed by atoms with Gasteiger partial charge < -0.3 is 0 Å². The first-order chi connectivity index (χ1) is 14.1. The third-order valence-corrected chi connectivity index (χ3v) is 4.56. The molecule has 0 aliphatic carbocycles. The van der Waals surface area contributed by atoms with Gasteiger partial charge in [0.1, 0.15) is 5.56 Å². The third kappa shape index (κ3) is 4.09. The number of hydrogen-bond donors (Lipinski definition) is 2. The molecule has 4 rings (SSSR count). The van der Waals surface area contributed by atoms with E-state index in [9.17, 15) is 9.59 Å². The van der Waals surface area contributed by atoms with Gasteiger partial charge in [-0.05, 0) is 23.8 Å². The Morgan fingerprint density at radius 2 is 1.72 bits per heavy atom. The molecule has 2 heterocycles. The van der Waals surface area contributed by atoms with Crippen molar-refractivity contribution in [3.8, 4) is 11.3 Å². The number of amides is 2. The van der Waals surface area contributed by atoms with E-state index in [1.54, 1.807) is 35.0 Å². The van der Waals surface area contributed by atoms with E-state index in [1.807, 2.05) is 36.4 Å². The van der Waals surface area contributed by atoms with Gasteiger partial charge in [-0.1, -0.05) is 54.1 Å². The largest absolute Gasteiger partial charge is 0.275 e. The van der Waals surface area contributed by atoms with Crippen LogP contribution in [0.1, 0.15) is 15.9 Å². The molecule has 4 aromatic rings. The Balaban J connectivity index is 1.48. The summed E-state index contributed by atoms with van der Waals surface area (Å²) in [5, 5.41) is 4.88. The molecular weight excluding hydrogens is 390 g/mol. The topological polar surface area (TPSA) is 88.4 Å². The number of carbonyl (C=O) groups excluding carboxylic acids is 2. The van der Waals surface area contributed by atoms with Crippen LogP contribution in [0.4, 0.5) is 0 Å². The summed E-state index contributed by atoms with van der Waals surface area (Å²) in [4.78, 5) is 28.9. The predicted molar refractivity (Wildman–Crippen MR) is 109 cm³/mol. The molecule has 0 aliphatic heterocycles. The maximum Gasteiger partial charge on any atom is 0.275 e. The number of fused-ring (bicyclic) bond motifs is 1. The van der Waals surface area contributed by atoms with Crippen molar-refractivity contribution in [1.82, 2.24) is 25.4 Å². The number of hydrazine groups is 1. The number of rotatable bonds is 4. The number of aromatic nitrogens is 3. The summed E-state index contributed by atoms with van der Waals surface area (Å²) < 4.78 is 1.60. The molecule has 0 bridgehead atoms. The highest BCUT2D eigenvalue weighted by atomic mass is 35.5. The molecule has 29 heavy (non-hydrogen) atoms. The standard InChI is InChI=1S/C21H16ClN5O2/c22-16-8-6-14(7-9-16)12-19(28)25-26-21(29)17-13-24-27-18(10-11-23-20(17)27)15-4-2-1-3-5-15/h1-11,13H,12H2,(H,25,28)(H,26,29). The highest BCUT2D eigenvalue weighted by Gasteiger charge is 2.16. The molecule has 0 unspecified atom stereocenters. The van der Waals surface area contributed by atoms with E-state index in [1.165, 1.54) is 6.20 Å². The summed E-state index contributed by atoms with van der Waals surface area (Å²) in [5.41, 5.74) is 8.02. The maximum absolute atomic E-state index is 12.5. The van der Waals surface area contributed by atoms with Gasteiger partial charge in [-0.25, -0.2) is 9.50 Å². The maximum atomic E-state index is 12.5. The van der Waals surface area contributed by atoms with E-state index in [2.05, 4.69) is 20.9 Å². The normalized spacial score (nSPS) is 10.7. The van der Waals surface area contributed by atoms with Gasteiger partial charge >= 0.3 is 0 Å². The SMILES string of the molecule is O=C(Cc1ccc(Cl)cc1)NNC(=O)c1cnn2c(-c3ccccc3)ccnc12. The van der Waals surface area contributed by atoms with Gasteiger partial charge in [0.05, 0.1) is 18.3 Å². The number of carbonyl (C=O) groups is 2. The van der Waals surface area contributed by atoms with Gasteiger partial charge in [0, 0.05) is 16.8 Å². The first-order valence-corrected chi connectivity index (χ1v) is 9.21. The Bertz CT molecular complexity index is 1170. The number of hydrogen-bond acceptors (Lipinski definition) is 4. The van der Waals surface area contributed by atoms with E-state index in [-0.39, 0.29) is 17.9 Å². The first kappa shape index (κ1) is 18.6. The molecule has 144 valence electrons. The minimum atomic E-state index is -0.498. The third-order valence-electron chi connectivity index (χ3n) is 4.31. The van der Waals surface area contributed by atoms with Crippen molar-refractivity contribution in [3.63, 3.8) is 0 Å². The predicted octanol–water partition coefficient (Wildman–Crippen LogP) is 3.05. The van der Waals surface area contributed by atoms with Gasteiger partial charge in [-0.2, -0.15) is 5.10 Å². The van der Waals surface area contributed by atoms with Crippen molar-refractivity contribution in [2.75, 3.05) is 0 Å². The fourth-order valence-corrected chi connectivity index (χ4v) is 3.03. The summed E-state index contributed by atoms with van der Waals surface area (Å²) in [6, 6.07) is 18.4. The smallest absolute Gasteiger partial charge is 0.273 e. The van der Waals surface area contributed by atoms with Crippen LogP contribution in [0.5, 0.6) is 0 Å². The van der Waals surface area contributed by atoms with E-state index in [4.69, 9.17) is 11.6 Å². The molecule has 0 spiro atoms. The van der Waals surface area contributed by atoms with E-state index in [0.717, 1.165) is 16.8 Å². The number of nitrogens with one attached hydrogen (secondary N) is 2. The second-order valence-corrected chi connectivity index (χ2v) is 6.73. The summed E-state index contributed by atoms with van der Waals surface area (Å²) in [5.74, 6) is -0.850. The lowest BCUT2D eigenvalue weighted by molar-refractivity contribution is -0.121. The number of benzene rings is 2. The van der Waals surface area contributed by atoms with Gasteiger partial charge in [0.15, 0.2) is 5.65 Å². The van der Waals surface area contributed by atoms with Crippen molar-refractivity contribution in [2.24, 2.45) is 0 Å². The van der Waals surface area contributed by atoms with E-state index >= 15 is 0 Å². The monoisotopic (exact) mass is 405 g/mol. The quantitative estimate of drug-likeness (QED) is 0.511. The second-order valence-electron chi connectivity index (χ2n) is 6.30. The highest BCUT2D eigenvalue weighted by Crippen LogP contribution is 2.20. The summed E-state index contributed by atoms with van der Waals surface area (Å²) in [6.07, 6.45) is 3.16. The summed E-state index contributed by atoms with van der Waals surface area (Å²) in [7, 11) is 0. The van der Waals surface area contributed by atoms with Crippen molar-refractivity contribution >= 4 is 29.1 Å². The average Bonchev–Trinajstić information content (AvgIpc) is 3.19. The molecule has 0 atom stereocenters. The Morgan fingerprint density at radius 1 is 0.966 bits per heavy atom. The molecule has 0 aliphatic rings. The zero-order chi connectivity index (χ0) is 20.2. The molecule has 7 nitrogen and oxygen atoms in total. The molecule has 8 heteroatoms. The molecule has 0 fully saturated rings. The van der Waals surface area contributed by atoms with Crippen molar-refractivity contribution in [2.45, 2.75) is 6.42 Å². The van der Waals surface area contributed by atoms with Crippen molar-refractivity contribution in [1.29, 1.82) is 0 Å². The fraction of sp³-hybridized carbons (Fsp3) is 0.0476. The van der Waals surface area contributed by atoms with Crippen LogP contribution in [-0.4, -0.2) is 26.4 Å². The second kappa shape index (κ2) is 8.12. The van der Waals surface area contributed by atoms with Crippen LogP contribution < -0.4 is 10.9 Å². The molecular formula is C21H16ClN5O2. The van der Waals surface area contributed by atoms with Crippen LogP contribution in [0.25, 0.3) is 16.9 Å². The number of nitrogens with zero attached hydrogens (tertiary/aromatic N) is 3.